The fourth-order valence-corrected chi connectivity index (χ4v) is 2.05. The summed E-state index contributed by atoms with van der Waals surface area (Å²) in [5, 5.41) is 0. The summed E-state index contributed by atoms with van der Waals surface area (Å²) in [6.45, 7) is 7.30. The summed E-state index contributed by atoms with van der Waals surface area (Å²) in [6, 6.07) is 0. The molecule has 0 atom stereocenters. The van der Waals surface area contributed by atoms with Crippen LogP contribution in [-0.2, 0) is 0 Å². The van der Waals surface area contributed by atoms with Crippen molar-refractivity contribution in [2.75, 3.05) is 27.2 Å². The third kappa shape index (κ3) is 12.1. The van der Waals surface area contributed by atoms with Crippen LogP contribution in [0.1, 0.15) is 65.2 Å². The molecular weight excluding hydrogens is 193 g/mol. The topological polar surface area (TPSA) is 0 Å². The van der Waals surface area contributed by atoms with E-state index < -0.39 is 0 Å². The van der Waals surface area contributed by atoms with Gasteiger partial charge in [-0.25, -0.2) is 0 Å². The third-order valence-electron chi connectivity index (χ3n) is 3.23. The largest absolute Gasteiger partial charge is 0.328 e. The zero-order valence-electron chi connectivity index (χ0n) is 11.5. The van der Waals surface area contributed by atoms with Crippen LogP contribution in [0.4, 0.5) is 0 Å². The van der Waals surface area contributed by atoms with E-state index in [-0.39, 0.29) is 8.41 Å². The maximum atomic E-state index is 2.39. The molecule has 0 aliphatic heterocycles. The normalized spacial score (nSPS) is 11.2. The maximum absolute atomic E-state index is 2.39. The van der Waals surface area contributed by atoms with Crippen LogP contribution in [-0.4, -0.2) is 40.1 Å². The summed E-state index contributed by atoms with van der Waals surface area (Å²) in [4.78, 5) is 0. The molecule has 0 aromatic carbocycles. The van der Waals surface area contributed by atoms with Gasteiger partial charge < -0.3 is 4.48 Å². The molecule has 0 N–H and O–H groups in total. The predicted molar refractivity (Wildman–Crippen MR) is 81.5 cm³/mol. The molecule has 0 spiro atoms. The Morgan fingerprint density at radius 1 is 0.625 bits per heavy atom. The van der Waals surface area contributed by atoms with Gasteiger partial charge >= 0.3 is 0 Å². The number of hydrogen-bond donors (Lipinski definition) is 0. The molecule has 2 heteroatoms. The lowest BCUT2D eigenvalue weighted by atomic mass is 10.1. The van der Waals surface area contributed by atoms with Crippen molar-refractivity contribution in [2.24, 2.45) is 0 Å². The van der Waals surface area contributed by atoms with Crippen LogP contribution >= 0.6 is 0 Å². The Morgan fingerprint density at radius 2 is 1.00 bits per heavy atom. The number of unbranched alkanes of at least 4 members (excludes halogenated alkanes) is 6. The molecule has 0 unspecified atom stereocenters. The van der Waals surface area contributed by atoms with E-state index >= 15 is 0 Å². The minimum atomic E-state index is 0. The lowest BCUT2D eigenvalue weighted by molar-refractivity contribution is -0.890. The van der Waals surface area contributed by atoms with Gasteiger partial charge in [-0.05, 0) is 25.7 Å². The fraction of sp³-hybridized carbons (Fsp3) is 1.00. The smallest absolute Gasteiger partial charge is 0.0782 e. The van der Waals surface area contributed by atoms with E-state index in [9.17, 15) is 0 Å². The second kappa shape index (κ2) is 11.5. The van der Waals surface area contributed by atoms with Gasteiger partial charge in [0.05, 0.1) is 27.2 Å². The summed E-state index contributed by atoms with van der Waals surface area (Å²) >= 11 is 0. The van der Waals surface area contributed by atoms with Crippen molar-refractivity contribution in [3.63, 3.8) is 0 Å². The van der Waals surface area contributed by atoms with Crippen LogP contribution in [0.25, 0.3) is 0 Å². The standard InChI is InChI=1S/C14H32N.BH4/c1-5-7-9-11-13-15(3,4)14-12-10-8-6-2;/h5-14H2,1-4H3;1H4/q+1;-1. The van der Waals surface area contributed by atoms with E-state index in [1.165, 1.54) is 68.9 Å². The quantitative estimate of drug-likeness (QED) is 0.307. The van der Waals surface area contributed by atoms with Gasteiger partial charge in [-0.1, -0.05) is 47.9 Å². The van der Waals surface area contributed by atoms with E-state index in [4.69, 9.17) is 0 Å². The highest BCUT2D eigenvalue weighted by Gasteiger charge is 2.12. The van der Waals surface area contributed by atoms with Crippen molar-refractivity contribution in [1.29, 1.82) is 0 Å². The van der Waals surface area contributed by atoms with E-state index in [1.54, 1.807) is 0 Å². The molecule has 0 aliphatic rings. The van der Waals surface area contributed by atoms with Gasteiger partial charge in [0, 0.05) is 0 Å². The molecule has 16 heavy (non-hydrogen) atoms. The summed E-state index contributed by atoms with van der Waals surface area (Å²) in [7, 11) is 4.77. The first-order valence-corrected chi connectivity index (χ1v) is 6.94. The van der Waals surface area contributed by atoms with Crippen LogP contribution in [0.5, 0.6) is 0 Å². The highest BCUT2D eigenvalue weighted by atomic mass is 15.3. The van der Waals surface area contributed by atoms with E-state index in [1.807, 2.05) is 0 Å². The number of quaternary nitrogens is 1. The molecule has 0 amide bonds. The second-order valence-electron chi connectivity index (χ2n) is 5.50. The molecule has 0 saturated heterocycles. The molecule has 0 aromatic rings. The molecule has 0 radical (unpaired) electrons. The zero-order valence-corrected chi connectivity index (χ0v) is 11.5. The molecule has 0 aromatic heterocycles. The Hall–Kier alpha value is 0.0249. The molecule has 0 fully saturated rings. The molecule has 0 bridgehead atoms. The van der Waals surface area contributed by atoms with Crippen molar-refractivity contribution >= 4 is 8.41 Å². The van der Waals surface area contributed by atoms with E-state index in [2.05, 4.69) is 27.9 Å². The Bertz CT molecular complexity index is 121. The maximum Gasteiger partial charge on any atom is 0.0782 e. The Morgan fingerprint density at radius 3 is 1.31 bits per heavy atom. The molecule has 100 valence electrons. The van der Waals surface area contributed by atoms with Crippen LogP contribution in [0, 0.1) is 0 Å². The predicted octanol–water partition coefficient (Wildman–Crippen LogP) is 2.77. The van der Waals surface area contributed by atoms with Crippen molar-refractivity contribution in [3.8, 4) is 0 Å². The van der Waals surface area contributed by atoms with Gasteiger partial charge in [0.2, 0.25) is 0 Å². The first-order valence-electron chi connectivity index (χ1n) is 6.94. The number of hydrogen-bond acceptors (Lipinski definition) is 0. The third-order valence-corrected chi connectivity index (χ3v) is 3.23. The molecule has 0 rings (SSSR count). The van der Waals surface area contributed by atoms with Crippen LogP contribution in [0.2, 0.25) is 0 Å². The second-order valence-corrected chi connectivity index (χ2v) is 5.50. The van der Waals surface area contributed by atoms with Crippen molar-refractivity contribution in [3.05, 3.63) is 0 Å². The molecule has 1 nitrogen and oxygen atoms in total. The van der Waals surface area contributed by atoms with Gasteiger partial charge in [0.1, 0.15) is 0 Å². The van der Waals surface area contributed by atoms with Crippen LogP contribution in [0.15, 0.2) is 0 Å². The van der Waals surface area contributed by atoms with Crippen molar-refractivity contribution in [2.45, 2.75) is 65.2 Å². The SMILES string of the molecule is CCCCCC[N+](C)(C)CCCCCC.[BH4-]. The minimum Gasteiger partial charge on any atom is -0.328 e. The van der Waals surface area contributed by atoms with Crippen molar-refractivity contribution in [1.82, 2.24) is 0 Å². The number of rotatable bonds is 10. The van der Waals surface area contributed by atoms with Gasteiger partial charge in [-0.15, -0.1) is 0 Å². The van der Waals surface area contributed by atoms with Gasteiger partial charge in [0.25, 0.3) is 0 Å². The average molecular weight is 229 g/mol. The first kappa shape index (κ1) is 18.4. The molecular formula is C14H36BN. The first-order chi connectivity index (χ1) is 7.12. The lowest BCUT2D eigenvalue weighted by Crippen LogP contribution is -2.41. The lowest BCUT2D eigenvalue weighted by Gasteiger charge is -2.30. The summed E-state index contributed by atoms with van der Waals surface area (Å²) in [5.41, 5.74) is 0. The van der Waals surface area contributed by atoms with Gasteiger partial charge in [-0.3, -0.25) is 0 Å². The van der Waals surface area contributed by atoms with Crippen LogP contribution in [0.3, 0.4) is 0 Å². The fourth-order valence-electron chi connectivity index (χ4n) is 2.05. The minimum absolute atomic E-state index is 0. The van der Waals surface area contributed by atoms with Crippen LogP contribution < -0.4 is 0 Å². The van der Waals surface area contributed by atoms with E-state index in [0.717, 1.165) is 0 Å². The Balaban J connectivity index is 0. The molecule has 0 heterocycles. The molecule has 0 aliphatic carbocycles. The van der Waals surface area contributed by atoms with E-state index in [0.29, 0.717) is 0 Å². The summed E-state index contributed by atoms with van der Waals surface area (Å²) in [6.07, 6.45) is 11.2. The Kier molecular flexibility index (Phi) is 13.2. The highest BCUT2D eigenvalue weighted by Crippen LogP contribution is 2.08. The number of nitrogens with zero attached hydrogens (tertiary/aromatic N) is 1. The average Bonchev–Trinajstić information content (AvgIpc) is 2.20. The van der Waals surface area contributed by atoms with Gasteiger partial charge in [0.15, 0.2) is 0 Å². The highest BCUT2D eigenvalue weighted by molar-refractivity contribution is 5.75. The van der Waals surface area contributed by atoms with Gasteiger partial charge in [-0.2, -0.15) is 0 Å². The summed E-state index contributed by atoms with van der Waals surface area (Å²) < 4.78 is 1.23. The summed E-state index contributed by atoms with van der Waals surface area (Å²) in [5.74, 6) is 0. The monoisotopic (exact) mass is 229 g/mol. The Labute approximate surface area is 106 Å². The zero-order chi connectivity index (χ0) is 11.6. The van der Waals surface area contributed by atoms with Crippen molar-refractivity contribution < 1.29 is 4.48 Å². The molecule has 0 saturated carbocycles.